The minimum atomic E-state index is -0.353. The van der Waals surface area contributed by atoms with Gasteiger partial charge in [0.2, 0.25) is 0 Å². The van der Waals surface area contributed by atoms with Crippen LogP contribution in [0.4, 0.5) is 0 Å². The fourth-order valence-corrected chi connectivity index (χ4v) is 2.58. The van der Waals surface area contributed by atoms with E-state index >= 15 is 0 Å². The molecule has 1 aliphatic rings. The maximum atomic E-state index is 11.3. The molecule has 0 radical (unpaired) electrons. The van der Waals surface area contributed by atoms with Gasteiger partial charge in [-0.2, -0.15) is 0 Å². The Balaban J connectivity index is 1.82. The number of nitrogens with one attached hydrogen (secondary N) is 1. The van der Waals surface area contributed by atoms with Crippen molar-refractivity contribution in [3.05, 3.63) is 23.7 Å². The van der Waals surface area contributed by atoms with E-state index in [1.54, 1.807) is 6.07 Å². The average Bonchev–Trinajstić information content (AvgIpc) is 3.05. The lowest BCUT2D eigenvalue weighted by Gasteiger charge is -2.19. The predicted octanol–water partition coefficient (Wildman–Crippen LogP) is 2.73. The Morgan fingerprint density at radius 2 is 2.28 bits per heavy atom. The van der Waals surface area contributed by atoms with Crippen LogP contribution in [0.3, 0.4) is 0 Å². The van der Waals surface area contributed by atoms with Crippen molar-refractivity contribution < 1.29 is 13.9 Å². The van der Waals surface area contributed by atoms with Crippen LogP contribution < -0.4 is 5.32 Å². The maximum Gasteiger partial charge on any atom is 0.341 e. The summed E-state index contributed by atoms with van der Waals surface area (Å²) >= 11 is 0. The van der Waals surface area contributed by atoms with Gasteiger partial charge in [-0.25, -0.2) is 4.79 Å². The molecule has 4 heteroatoms. The van der Waals surface area contributed by atoms with Gasteiger partial charge in [0.1, 0.15) is 12.0 Å². The molecular formula is C14H21NO3. The smallest absolute Gasteiger partial charge is 0.341 e. The molecule has 1 unspecified atom stereocenters. The minimum Gasteiger partial charge on any atom is -0.467 e. The summed E-state index contributed by atoms with van der Waals surface area (Å²) in [5, 5.41) is 3.47. The van der Waals surface area contributed by atoms with E-state index in [-0.39, 0.29) is 5.97 Å². The van der Waals surface area contributed by atoms with Crippen LogP contribution in [0, 0.1) is 5.92 Å². The molecule has 4 nitrogen and oxygen atoms in total. The first-order chi connectivity index (χ1) is 8.70. The van der Waals surface area contributed by atoms with Crippen LogP contribution in [0.25, 0.3) is 0 Å². The van der Waals surface area contributed by atoms with Gasteiger partial charge < -0.3 is 14.5 Å². The highest BCUT2D eigenvalue weighted by Crippen LogP contribution is 2.27. The van der Waals surface area contributed by atoms with E-state index in [0.717, 1.165) is 11.7 Å². The third kappa shape index (κ3) is 3.13. The zero-order valence-electron chi connectivity index (χ0n) is 11.1. The Morgan fingerprint density at radius 1 is 1.56 bits per heavy atom. The second kappa shape index (κ2) is 6.05. The van der Waals surface area contributed by atoms with E-state index in [1.807, 2.05) is 0 Å². The number of carbonyl (C=O) groups is 1. The van der Waals surface area contributed by atoms with Crippen molar-refractivity contribution >= 4 is 5.97 Å². The lowest BCUT2D eigenvalue weighted by atomic mass is 10.00. The second-order valence-corrected chi connectivity index (χ2v) is 5.01. The van der Waals surface area contributed by atoms with Crippen LogP contribution in [0.1, 0.15) is 48.7 Å². The van der Waals surface area contributed by atoms with Crippen molar-refractivity contribution in [1.82, 2.24) is 5.32 Å². The molecule has 1 atom stereocenters. The Morgan fingerprint density at radius 3 is 2.94 bits per heavy atom. The molecule has 1 aliphatic carbocycles. The zero-order valence-corrected chi connectivity index (χ0v) is 11.1. The van der Waals surface area contributed by atoms with Crippen LogP contribution in [-0.4, -0.2) is 19.1 Å². The van der Waals surface area contributed by atoms with E-state index < -0.39 is 0 Å². The molecule has 1 N–H and O–H groups in total. The molecule has 100 valence electrons. The van der Waals surface area contributed by atoms with Crippen molar-refractivity contribution in [2.45, 2.75) is 45.2 Å². The summed E-state index contributed by atoms with van der Waals surface area (Å²) in [5.41, 5.74) is 0.475. The molecule has 0 aliphatic heterocycles. The Labute approximate surface area is 108 Å². The molecule has 1 heterocycles. The van der Waals surface area contributed by atoms with E-state index in [1.165, 1.54) is 39.1 Å². The Hall–Kier alpha value is -1.29. The average molecular weight is 251 g/mol. The lowest BCUT2D eigenvalue weighted by molar-refractivity contribution is 0.0600. The molecule has 0 spiro atoms. The van der Waals surface area contributed by atoms with Gasteiger partial charge in [0, 0.05) is 6.04 Å². The topological polar surface area (TPSA) is 51.5 Å². The number of methoxy groups -OCH3 is 1. The van der Waals surface area contributed by atoms with Gasteiger partial charge in [0.05, 0.1) is 19.2 Å². The molecule has 1 aromatic heterocycles. The SMILES string of the molecule is COC(=O)c1coc(CNC(C)C2CCCC2)c1. The van der Waals surface area contributed by atoms with Crippen molar-refractivity contribution in [1.29, 1.82) is 0 Å². The number of esters is 1. The monoisotopic (exact) mass is 251 g/mol. The molecule has 0 bridgehead atoms. The zero-order chi connectivity index (χ0) is 13.0. The first kappa shape index (κ1) is 13.1. The summed E-state index contributed by atoms with van der Waals surface area (Å²) in [6.07, 6.45) is 6.79. The highest BCUT2D eigenvalue weighted by molar-refractivity contribution is 5.88. The Bertz CT molecular complexity index is 393. The summed E-state index contributed by atoms with van der Waals surface area (Å²) in [4.78, 5) is 11.3. The maximum absolute atomic E-state index is 11.3. The van der Waals surface area contributed by atoms with Gasteiger partial charge in [-0.05, 0) is 31.7 Å². The first-order valence-corrected chi connectivity index (χ1v) is 6.60. The van der Waals surface area contributed by atoms with E-state index in [2.05, 4.69) is 17.0 Å². The lowest BCUT2D eigenvalue weighted by Crippen LogP contribution is -2.31. The van der Waals surface area contributed by atoms with Crippen LogP contribution >= 0.6 is 0 Å². The van der Waals surface area contributed by atoms with Gasteiger partial charge in [-0.3, -0.25) is 0 Å². The number of hydrogen-bond donors (Lipinski definition) is 1. The van der Waals surface area contributed by atoms with Crippen LogP contribution in [0.15, 0.2) is 16.7 Å². The quantitative estimate of drug-likeness (QED) is 0.817. The summed E-state index contributed by atoms with van der Waals surface area (Å²) < 4.78 is 9.97. The number of hydrogen-bond acceptors (Lipinski definition) is 4. The third-order valence-electron chi connectivity index (χ3n) is 3.78. The second-order valence-electron chi connectivity index (χ2n) is 5.01. The van der Waals surface area contributed by atoms with E-state index in [0.29, 0.717) is 18.2 Å². The molecule has 0 aromatic carbocycles. The van der Waals surface area contributed by atoms with Crippen molar-refractivity contribution in [3.63, 3.8) is 0 Å². The third-order valence-corrected chi connectivity index (χ3v) is 3.78. The fraction of sp³-hybridized carbons (Fsp3) is 0.643. The number of carbonyl (C=O) groups excluding carboxylic acids is 1. The van der Waals surface area contributed by atoms with Gasteiger partial charge in [0.25, 0.3) is 0 Å². The number of rotatable bonds is 5. The van der Waals surface area contributed by atoms with Crippen molar-refractivity contribution in [2.75, 3.05) is 7.11 Å². The summed E-state index contributed by atoms with van der Waals surface area (Å²) in [6, 6.07) is 2.24. The molecular weight excluding hydrogens is 230 g/mol. The highest BCUT2D eigenvalue weighted by atomic mass is 16.5. The largest absolute Gasteiger partial charge is 0.467 e. The van der Waals surface area contributed by atoms with Crippen molar-refractivity contribution in [3.8, 4) is 0 Å². The van der Waals surface area contributed by atoms with Crippen molar-refractivity contribution in [2.24, 2.45) is 5.92 Å². The number of ether oxygens (including phenoxy) is 1. The van der Waals surface area contributed by atoms with Gasteiger partial charge in [-0.1, -0.05) is 12.8 Å². The normalized spacial score (nSPS) is 17.9. The predicted molar refractivity (Wildman–Crippen MR) is 68.3 cm³/mol. The van der Waals surface area contributed by atoms with Gasteiger partial charge in [0.15, 0.2) is 0 Å². The molecule has 0 amide bonds. The molecule has 1 fully saturated rings. The van der Waals surface area contributed by atoms with Crippen LogP contribution in [-0.2, 0) is 11.3 Å². The van der Waals surface area contributed by atoms with Crippen LogP contribution in [0.5, 0.6) is 0 Å². The standard InChI is InChI=1S/C14H21NO3/c1-10(11-5-3-4-6-11)15-8-13-7-12(9-18-13)14(16)17-2/h7,9-11,15H,3-6,8H2,1-2H3. The summed E-state index contributed by atoms with van der Waals surface area (Å²) in [6.45, 7) is 2.88. The minimum absolute atomic E-state index is 0.353. The Kier molecular flexibility index (Phi) is 4.42. The molecule has 1 aromatic rings. The first-order valence-electron chi connectivity index (χ1n) is 6.60. The van der Waals surface area contributed by atoms with Gasteiger partial charge >= 0.3 is 5.97 Å². The molecule has 18 heavy (non-hydrogen) atoms. The van der Waals surface area contributed by atoms with E-state index in [4.69, 9.17) is 4.42 Å². The summed E-state index contributed by atoms with van der Waals surface area (Å²) in [7, 11) is 1.37. The van der Waals surface area contributed by atoms with E-state index in [9.17, 15) is 4.79 Å². The number of furan rings is 1. The van der Waals surface area contributed by atoms with Gasteiger partial charge in [-0.15, -0.1) is 0 Å². The molecule has 2 rings (SSSR count). The molecule has 1 saturated carbocycles. The van der Waals surface area contributed by atoms with Crippen LogP contribution in [0.2, 0.25) is 0 Å². The summed E-state index contributed by atoms with van der Waals surface area (Å²) in [5.74, 6) is 1.20. The fourth-order valence-electron chi connectivity index (χ4n) is 2.58. The molecule has 0 saturated heterocycles. The highest BCUT2D eigenvalue weighted by Gasteiger charge is 2.21.